The lowest BCUT2D eigenvalue weighted by atomic mass is 10.2. The van der Waals surface area contributed by atoms with E-state index in [1.165, 1.54) is 0 Å². The smallest absolute Gasteiger partial charge is 0.306 e. The summed E-state index contributed by atoms with van der Waals surface area (Å²) >= 11 is 0. The molecule has 0 bridgehead atoms. The van der Waals surface area contributed by atoms with E-state index in [0.29, 0.717) is 13.2 Å². The van der Waals surface area contributed by atoms with Crippen molar-refractivity contribution in [1.82, 2.24) is 4.90 Å². The number of carbonyl (C=O) groups is 2. The zero-order valence-electron chi connectivity index (χ0n) is 10.8. The van der Waals surface area contributed by atoms with Crippen LogP contribution in [0.25, 0.3) is 0 Å². The summed E-state index contributed by atoms with van der Waals surface area (Å²) in [6, 6.07) is 0. The van der Waals surface area contributed by atoms with Crippen molar-refractivity contribution in [2.45, 2.75) is 39.0 Å². The number of amides is 1. The summed E-state index contributed by atoms with van der Waals surface area (Å²) in [5.74, 6) is -0.364. The summed E-state index contributed by atoms with van der Waals surface area (Å²) in [5.41, 5.74) is 0. The van der Waals surface area contributed by atoms with Gasteiger partial charge in [0, 0.05) is 26.6 Å². The fourth-order valence-electron chi connectivity index (χ4n) is 1.40. The highest BCUT2D eigenvalue weighted by Gasteiger charge is 2.11. The number of hydrogen-bond donors (Lipinski definition) is 1. The minimum Gasteiger partial charge on any atom is -0.466 e. The van der Waals surface area contributed by atoms with E-state index in [1.807, 2.05) is 0 Å². The Morgan fingerprint density at radius 2 is 1.88 bits per heavy atom. The van der Waals surface area contributed by atoms with Gasteiger partial charge < -0.3 is 14.7 Å². The first kappa shape index (κ1) is 15.9. The van der Waals surface area contributed by atoms with E-state index in [2.05, 4.69) is 0 Å². The Hall–Kier alpha value is -1.10. The van der Waals surface area contributed by atoms with Crippen LogP contribution in [0.3, 0.4) is 0 Å². The van der Waals surface area contributed by atoms with Gasteiger partial charge in [-0.05, 0) is 26.2 Å². The zero-order chi connectivity index (χ0) is 13.1. The third-order valence-corrected chi connectivity index (χ3v) is 2.43. The maximum absolute atomic E-state index is 11.6. The molecule has 0 aliphatic carbocycles. The number of esters is 1. The SMILES string of the molecule is CCOC(=O)CCC(=O)N(C)CCCCCO. The van der Waals surface area contributed by atoms with E-state index in [1.54, 1.807) is 18.9 Å². The second-order valence-corrected chi connectivity index (χ2v) is 3.90. The van der Waals surface area contributed by atoms with Crippen LogP contribution in [0.2, 0.25) is 0 Å². The first-order valence-corrected chi connectivity index (χ1v) is 6.12. The van der Waals surface area contributed by atoms with E-state index in [4.69, 9.17) is 9.84 Å². The predicted octanol–water partition coefficient (Wildman–Crippen LogP) is 0.951. The van der Waals surface area contributed by atoms with Crippen molar-refractivity contribution in [3.63, 3.8) is 0 Å². The van der Waals surface area contributed by atoms with Gasteiger partial charge in [-0.25, -0.2) is 0 Å². The molecule has 0 saturated carbocycles. The number of hydrogen-bond acceptors (Lipinski definition) is 4. The molecule has 0 atom stereocenters. The molecule has 0 radical (unpaired) electrons. The largest absolute Gasteiger partial charge is 0.466 e. The Balaban J connectivity index is 3.63. The van der Waals surface area contributed by atoms with Crippen LogP contribution in [0.5, 0.6) is 0 Å². The van der Waals surface area contributed by atoms with Crippen molar-refractivity contribution >= 4 is 11.9 Å². The Kier molecular flexibility index (Phi) is 9.43. The maximum atomic E-state index is 11.6. The van der Waals surface area contributed by atoms with Crippen LogP contribution in [0.15, 0.2) is 0 Å². The molecule has 5 heteroatoms. The molecule has 0 fully saturated rings. The summed E-state index contributed by atoms with van der Waals surface area (Å²) in [6.45, 7) is 2.96. The second-order valence-electron chi connectivity index (χ2n) is 3.90. The van der Waals surface area contributed by atoms with Crippen LogP contribution in [0, 0.1) is 0 Å². The molecule has 100 valence electrons. The molecule has 0 rings (SSSR count). The monoisotopic (exact) mass is 245 g/mol. The van der Waals surface area contributed by atoms with E-state index in [-0.39, 0.29) is 31.3 Å². The van der Waals surface area contributed by atoms with Gasteiger partial charge in [0.15, 0.2) is 0 Å². The van der Waals surface area contributed by atoms with Crippen LogP contribution < -0.4 is 0 Å². The fourth-order valence-corrected chi connectivity index (χ4v) is 1.40. The van der Waals surface area contributed by atoms with Gasteiger partial charge in [0.05, 0.1) is 13.0 Å². The Morgan fingerprint density at radius 1 is 1.18 bits per heavy atom. The third-order valence-electron chi connectivity index (χ3n) is 2.43. The van der Waals surface area contributed by atoms with Crippen LogP contribution in [0.1, 0.15) is 39.0 Å². The van der Waals surface area contributed by atoms with E-state index in [9.17, 15) is 9.59 Å². The van der Waals surface area contributed by atoms with Crippen molar-refractivity contribution in [2.24, 2.45) is 0 Å². The van der Waals surface area contributed by atoms with Crippen LogP contribution >= 0.6 is 0 Å². The molecule has 0 aliphatic rings. The maximum Gasteiger partial charge on any atom is 0.306 e. The second kappa shape index (κ2) is 10.1. The van der Waals surface area contributed by atoms with Crippen LogP contribution in [-0.2, 0) is 14.3 Å². The standard InChI is InChI=1S/C12H23NO4/c1-3-17-12(16)8-7-11(15)13(2)9-5-4-6-10-14/h14H,3-10H2,1-2H3. The Morgan fingerprint density at radius 3 is 2.47 bits per heavy atom. The average Bonchev–Trinajstić information content (AvgIpc) is 2.31. The lowest BCUT2D eigenvalue weighted by Crippen LogP contribution is -2.28. The number of nitrogens with zero attached hydrogens (tertiary/aromatic N) is 1. The number of ether oxygens (including phenoxy) is 1. The average molecular weight is 245 g/mol. The lowest BCUT2D eigenvalue weighted by Gasteiger charge is -2.16. The molecule has 1 N–H and O–H groups in total. The van der Waals surface area contributed by atoms with Gasteiger partial charge in [-0.3, -0.25) is 9.59 Å². The first-order valence-electron chi connectivity index (χ1n) is 6.12. The minimum atomic E-state index is -0.325. The van der Waals surface area contributed by atoms with Crippen molar-refractivity contribution < 1.29 is 19.4 Å². The van der Waals surface area contributed by atoms with E-state index >= 15 is 0 Å². The number of carbonyl (C=O) groups excluding carboxylic acids is 2. The molecular weight excluding hydrogens is 222 g/mol. The molecule has 0 spiro atoms. The van der Waals surface area contributed by atoms with Gasteiger partial charge in [-0.15, -0.1) is 0 Å². The summed E-state index contributed by atoms with van der Waals surface area (Å²) in [4.78, 5) is 24.3. The Labute approximate surface area is 103 Å². The van der Waals surface area contributed by atoms with Crippen molar-refractivity contribution in [3.8, 4) is 0 Å². The van der Waals surface area contributed by atoms with Gasteiger partial charge >= 0.3 is 5.97 Å². The first-order chi connectivity index (χ1) is 8.11. The number of unbranched alkanes of at least 4 members (excludes halogenated alkanes) is 2. The Bertz CT molecular complexity index is 231. The topological polar surface area (TPSA) is 66.8 Å². The molecular formula is C12H23NO4. The molecule has 5 nitrogen and oxygen atoms in total. The predicted molar refractivity (Wildman–Crippen MR) is 64.4 cm³/mol. The van der Waals surface area contributed by atoms with Crippen molar-refractivity contribution in [1.29, 1.82) is 0 Å². The van der Waals surface area contributed by atoms with E-state index < -0.39 is 0 Å². The summed E-state index contributed by atoms with van der Waals surface area (Å²) < 4.78 is 4.75. The van der Waals surface area contributed by atoms with E-state index in [0.717, 1.165) is 19.3 Å². The summed E-state index contributed by atoms with van der Waals surface area (Å²) in [7, 11) is 1.73. The molecule has 0 aromatic rings. The van der Waals surface area contributed by atoms with Gasteiger partial charge in [0.1, 0.15) is 0 Å². The molecule has 0 aromatic heterocycles. The highest BCUT2D eigenvalue weighted by molar-refractivity contribution is 5.81. The fraction of sp³-hybridized carbons (Fsp3) is 0.833. The molecule has 0 aromatic carbocycles. The minimum absolute atomic E-state index is 0.0398. The number of aliphatic hydroxyl groups excluding tert-OH is 1. The quantitative estimate of drug-likeness (QED) is 0.485. The highest BCUT2D eigenvalue weighted by atomic mass is 16.5. The third kappa shape index (κ3) is 8.68. The van der Waals surface area contributed by atoms with Gasteiger partial charge in [0.2, 0.25) is 5.91 Å². The summed E-state index contributed by atoms with van der Waals surface area (Å²) in [6.07, 6.45) is 2.90. The highest BCUT2D eigenvalue weighted by Crippen LogP contribution is 2.01. The molecule has 0 saturated heterocycles. The number of rotatable bonds is 9. The lowest BCUT2D eigenvalue weighted by molar-refractivity contribution is -0.145. The molecule has 0 aliphatic heterocycles. The van der Waals surface area contributed by atoms with Gasteiger partial charge in [-0.2, -0.15) is 0 Å². The molecule has 17 heavy (non-hydrogen) atoms. The molecule has 0 heterocycles. The molecule has 1 amide bonds. The molecule has 0 unspecified atom stereocenters. The normalized spacial score (nSPS) is 10.1. The van der Waals surface area contributed by atoms with Crippen molar-refractivity contribution in [2.75, 3.05) is 26.8 Å². The number of aliphatic hydroxyl groups is 1. The van der Waals surface area contributed by atoms with Gasteiger partial charge in [0.25, 0.3) is 0 Å². The van der Waals surface area contributed by atoms with Gasteiger partial charge in [-0.1, -0.05) is 0 Å². The van der Waals surface area contributed by atoms with Crippen LogP contribution in [-0.4, -0.2) is 48.7 Å². The summed E-state index contributed by atoms with van der Waals surface area (Å²) in [5, 5.41) is 8.60. The van der Waals surface area contributed by atoms with Crippen LogP contribution in [0.4, 0.5) is 0 Å². The zero-order valence-corrected chi connectivity index (χ0v) is 10.8. The van der Waals surface area contributed by atoms with Crippen molar-refractivity contribution in [3.05, 3.63) is 0 Å².